The molecule has 1 spiro atoms. The first-order valence-electron chi connectivity index (χ1n) is 13.9. The van der Waals surface area contributed by atoms with E-state index >= 15 is 0 Å². The normalized spacial score (nSPS) is 49.3. The van der Waals surface area contributed by atoms with Crippen LogP contribution >= 0.6 is 0 Å². The van der Waals surface area contributed by atoms with Crippen molar-refractivity contribution in [3.8, 4) is 0 Å². The molecule has 11 atom stereocenters. The Labute approximate surface area is 219 Å². The predicted molar refractivity (Wildman–Crippen MR) is 136 cm³/mol. The number of urea groups is 1. The highest BCUT2D eigenvalue weighted by atomic mass is 16.5. The summed E-state index contributed by atoms with van der Waals surface area (Å²) < 4.78 is 13.6. The number of nitrogens with two attached hydrogens (primary N) is 1. The van der Waals surface area contributed by atoms with Crippen LogP contribution in [-0.4, -0.2) is 71.0 Å². The van der Waals surface area contributed by atoms with Crippen molar-refractivity contribution in [1.82, 2.24) is 10.7 Å². The quantitative estimate of drug-likeness (QED) is 0.354. The molecule has 6 N–H and O–H groups in total. The average molecular weight is 521 g/mol. The number of amides is 3. The minimum Gasteiger partial charge on any atom is -0.394 e. The van der Waals surface area contributed by atoms with Gasteiger partial charge in [0.25, 0.3) is 0 Å². The van der Waals surface area contributed by atoms with Gasteiger partial charge in [-0.2, -0.15) is 5.10 Å². The van der Waals surface area contributed by atoms with E-state index in [0.29, 0.717) is 24.5 Å². The number of hydrogen-bond donors (Lipinski definition) is 5. The van der Waals surface area contributed by atoms with E-state index in [1.807, 2.05) is 6.92 Å². The van der Waals surface area contributed by atoms with E-state index in [0.717, 1.165) is 19.3 Å². The Kier molecular flexibility index (Phi) is 6.65. The third-order valence-electron chi connectivity index (χ3n) is 11.1. The van der Waals surface area contributed by atoms with Crippen molar-refractivity contribution in [2.75, 3.05) is 13.2 Å². The molecule has 2 aliphatic heterocycles. The van der Waals surface area contributed by atoms with Gasteiger partial charge in [-0.25, -0.2) is 10.2 Å². The fraction of sp³-hybridized carbons (Fsp3) is 0.889. The van der Waals surface area contributed by atoms with Crippen molar-refractivity contribution < 1.29 is 29.3 Å². The van der Waals surface area contributed by atoms with Crippen LogP contribution in [0.15, 0.2) is 5.10 Å². The van der Waals surface area contributed by atoms with Crippen LogP contribution in [0, 0.1) is 40.4 Å². The summed E-state index contributed by atoms with van der Waals surface area (Å²) in [6.45, 7) is 10.9. The van der Waals surface area contributed by atoms with E-state index < -0.39 is 29.3 Å². The van der Waals surface area contributed by atoms with Gasteiger partial charge in [0, 0.05) is 41.0 Å². The maximum absolute atomic E-state index is 12.8. The van der Waals surface area contributed by atoms with Gasteiger partial charge in [-0.3, -0.25) is 4.79 Å². The largest absolute Gasteiger partial charge is 0.394 e. The lowest BCUT2D eigenvalue weighted by molar-refractivity contribution is -0.326. The molecule has 3 saturated carbocycles. The van der Waals surface area contributed by atoms with Gasteiger partial charge in [-0.05, 0) is 44.4 Å². The summed E-state index contributed by atoms with van der Waals surface area (Å²) >= 11 is 0. The zero-order chi connectivity index (χ0) is 26.9. The molecule has 5 rings (SSSR count). The number of fused-ring (bicyclic) bond motifs is 3. The third kappa shape index (κ3) is 3.85. The second-order valence-corrected chi connectivity index (χ2v) is 13.1. The first kappa shape index (κ1) is 26.8. The topological polar surface area (TPSA) is 156 Å². The summed E-state index contributed by atoms with van der Waals surface area (Å²) in [6, 6.07) is -0.759. The van der Waals surface area contributed by atoms with Crippen LogP contribution in [0.3, 0.4) is 0 Å². The van der Waals surface area contributed by atoms with Gasteiger partial charge < -0.3 is 30.7 Å². The molecule has 0 aromatic rings. The number of primary amides is 1. The predicted octanol–water partition coefficient (Wildman–Crippen LogP) is 1.53. The number of hydrazone groups is 1. The van der Waals surface area contributed by atoms with E-state index in [2.05, 4.69) is 43.5 Å². The lowest BCUT2D eigenvalue weighted by atomic mass is 9.42. The zero-order valence-electron chi connectivity index (χ0n) is 22.7. The van der Waals surface area contributed by atoms with E-state index in [4.69, 9.17) is 15.2 Å². The first-order chi connectivity index (χ1) is 17.4. The SMILES string of the molecule is CC1NC(=O)C2CC(O)C3CC4(C)C(C)CCC5C(C)(C)C(=NNC(N)=O)C(OCCO)CC54OC3C12. The summed E-state index contributed by atoms with van der Waals surface area (Å²) in [5, 5.41) is 28.4. The van der Waals surface area contributed by atoms with Crippen molar-refractivity contribution >= 4 is 17.6 Å². The van der Waals surface area contributed by atoms with Gasteiger partial charge >= 0.3 is 6.03 Å². The number of hydrogen-bond acceptors (Lipinski definition) is 7. The summed E-state index contributed by atoms with van der Waals surface area (Å²) in [6.07, 6.45) is 2.44. The molecule has 11 unspecified atom stereocenters. The lowest BCUT2D eigenvalue weighted by Crippen LogP contribution is -2.74. The maximum Gasteiger partial charge on any atom is 0.332 e. The van der Waals surface area contributed by atoms with Crippen LogP contribution in [-0.2, 0) is 14.3 Å². The summed E-state index contributed by atoms with van der Waals surface area (Å²) in [7, 11) is 0. The van der Waals surface area contributed by atoms with Gasteiger partial charge in [-0.1, -0.05) is 27.7 Å². The highest BCUT2D eigenvalue weighted by Crippen LogP contribution is 2.68. The third-order valence-corrected chi connectivity index (χ3v) is 11.1. The van der Waals surface area contributed by atoms with Crippen LogP contribution in [0.2, 0.25) is 0 Å². The molecule has 37 heavy (non-hydrogen) atoms. The molecule has 5 aliphatic rings. The summed E-state index contributed by atoms with van der Waals surface area (Å²) in [5.74, 6) is 0.151. The second kappa shape index (κ2) is 9.17. The van der Waals surface area contributed by atoms with Crippen molar-refractivity contribution in [1.29, 1.82) is 0 Å². The van der Waals surface area contributed by atoms with Gasteiger partial charge in [0.15, 0.2) is 0 Å². The molecule has 10 nitrogen and oxygen atoms in total. The van der Waals surface area contributed by atoms with Crippen molar-refractivity contribution in [2.45, 2.75) is 96.7 Å². The smallest absolute Gasteiger partial charge is 0.332 e. The molecular weight excluding hydrogens is 476 g/mol. The molecular formula is C27H44N4O6. The Bertz CT molecular complexity index is 973. The number of aliphatic hydroxyl groups is 2. The number of aliphatic hydroxyl groups excluding tert-OH is 2. The van der Waals surface area contributed by atoms with E-state index in [9.17, 15) is 19.8 Å². The molecule has 5 fully saturated rings. The van der Waals surface area contributed by atoms with Crippen LogP contribution in [0.5, 0.6) is 0 Å². The van der Waals surface area contributed by atoms with Crippen molar-refractivity contribution in [3.63, 3.8) is 0 Å². The minimum absolute atomic E-state index is 0.00391. The lowest BCUT2D eigenvalue weighted by Gasteiger charge is -2.70. The standard InChI is InChI=1S/C27H44N4O6/c1-13-6-7-19-25(3,4)22(30-31-24(28)35)18(36-9-8-32)12-27(19)26(13,5)11-16-17(33)10-15-20(21(16)37-27)14(2)29-23(15)34/h13-21,32-33H,6-12H2,1-5H3,(H,29,34)(H3,28,31,35). The van der Waals surface area contributed by atoms with Gasteiger partial charge in [0.1, 0.15) is 6.10 Å². The Balaban J connectivity index is 1.62. The molecule has 3 amide bonds. The number of carbonyl (C=O) groups is 2. The Morgan fingerprint density at radius 3 is 2.68 bits per heavy atom. The van der Waals surface area contributed by atoms with Crippen LogP contribution in [0.1, 0.15) is 66.7 Å². The van der Waals surface area contributed by atoms with Crippen LogP contribution < -0.4 is 16.5 Å². The van der Waals surface area contributed by atoms with E-state index in [-0.39, 0.29) is 60.4 Å². The van der Waals surface area contributed by atoms with Gasteiger partial charge in [0.05, 0.1) is 36.7 Å². The van der Waals surface area contributed by atoms with Crippen molar-refractivity contribution in [2.24, 2.45) is 51.3 Å². The Morgan fingerprint density at radius 1 is 1.27 bits per heavy atom. The fourth-order valence-corrected chi connectivity index (χ4v) is 9.19. The molecule has 0 aromatic heterocycles. The fourth-order valence-electron chi connectivity index (χ4n) is 9.19. The number of nitrogens with one attached hydrogen (secondary N) is 2. The number of rotatable bonds is 4. The molecule has 0 bridgehead atoms. The molecule has 2 heterocycles. The molecule has 208 valence electrons. The maximum atomic E-state index is 12.8. The minimum atomic E-state index is -0.738. The first-order valence-corrected chi connectivity index (χ1v) is 13.9. The average Bonchev–Trinajstić information content (AvgIpc) is 3.09. The van der Waals surface area contributed by atoms with Crippen molar-refractivity contribution in [3.05, 3.63) is 0 Å². The monoisotopic (exact) mass is 520 g/mol. The van der Waals surface area contributed by atoms with Gasteiger partial charge in [-0.15, -0.1) is 0 Å². The van der Waals surface area contributed by atoms with Gasteiger partial charge in [0.2, 0.25) is 5.91 Å². The number of carbonyl (C=O) groups excluding carboxylic acids is 2. The van der Waals surface area contributed by atoms with Crippen LogP contribution in [0.25, 0.3) is 0 Å². The highest BCUT2D eigenvalue weighted by molar-refractivity contribution is 5.96. The molecule has 10 heteroatoms. The van der Waals surface area contributed by atoms with Crippen LogP contribution in [0.4, 0.5) is 4.79 Å². The van der Waals surface area contributed by atoms with E-state index in [1.165, 1.54) is 0 Å². The highest BCUT2D eigenvalue weighted by Gasteiger charge is 2.72. The second-order valence-electron chi connectivity index (χ2n) is 13.1. The number of nitrogens with zero attached hydrogens (tertiary/aromatic N) is 1. The molecule has 0 aromatic carbocycles. The summed E-state index contributed by atoms with van der Waals surface area (Å²) in [5.41, 5.74) is 7.14. The molecule has 3 aliphatic carbocycles. The summed E-state index contributed by atoms with van der Waals surface area (Å²) in [4.78, 5) is 24.3. The molecule has 0 radical (unpaired) electrons. The Hall–Kier alpha value is -1.75. The molecule has 2 saturated heterocycles. The Morgan fingerprint density at radius 2 is 2.00 bits per heavy atom. The van der Waals surface area contributed by atoms with E-state index in [1.54, 1.807) is 0 Å². The number of ether oxygens (including phenoxy) is 2. The zero-order valence-corrected chi connectivity index (χ0v) is 22.7.